The highest BCUT2D eigenvalue weighted by atomic mass is 19.4. The van der Waals surface area contributed by atoms with Gasteiger partial charge in [-0.3, -0.25) is 4.79 Å². The van der Waals surface area contributed by atoms with Crippen molar-refractivity contribution in [1.29, 1.82) is 0 Å². The lowest BCUT2D eigenvalue weighted by Gasteiger charge is -2.18. The van der Waals surface area contributed by atoms with E-state index in [1.54, 1.807) is 13.8 Å². The molecule has 0 radical (unpaired) electrons. The van der Waals surface area contributed by atoms with Gasteiger partial charge in [0, 0.05) is 0 Å². The van der Waals surface area contributed by atoms with Crippen LogP contribution in [0.2, 0.25) is 0 Å². The molecule has 0 bridgehead atoms. The van der Waals surface area contributed by atoms with E-state index in [-0.39, 0.29) is 18.1 Å². The van der Waals surface area contributed by atoms with Gasteiger partial charge in [0.15, 0.2) is 0 Å². The molecule has 20 heavy (non-hydrogen) atoms. The molecule has 1 rings (SSSR count). The maximum Gasteiger partial charge on any atom is 0.390 e. The standard InChI is InChI=1S/C14H16F4O2/c1-9(2)8-20-13(19)12(7-14(16,17)18)10-3-5-11(15)6-4-10/h3-6,9,12H,7-8H2,1-2H3. The first-order chi connectivity index (χ1) is 9.19. The van der Waals surface area contributed by atoms with E-state index >= 15 is 0 Å². The van der Waals surface area contributed by atoms with Gasteiger partial charge in [-0.15, -0.1) is 0 Å². The SMILES string of the molecule is CC(C)COC(=O)C(CC(F)(F)F)c1ccc(F)cc1. The third-order valence-corrected chi connectivity index (χ3v) is 2.55. The zero-order chi connectivity index (χ0) is 15.3. The molecule has 0 heterocycles. The summed E-state index contributed by atoms with van der Waals surface area (Å²) in [5.74, 6) is -2.95. The number of esters is 1. The lowest BCUT2D eigenvalue weighted by molar-refractivity contribution is -0.162. The molecule has 1 aromatic carbocycles. The smallest absolute Gasteiger partial charge is 0.390 e. The number of hydrogen-bond donors (Lipinski definition) is 0. The highest BCUT2D eigenvalue weighted by Gasteiger charge is 2.37. The largest absolute Gasteiger partial charge is 0.465 e. The highest BCUT2D eigenvalue weighted by molar-refractivity contribution is 5.78. The van der Waals surface area contributed by atoms with Gasteiger partial charge in [-0.1, -0.05) is 26.0 Å². The molecular formula is C14H16F4O2. The first-order valence-corrected chi connectivity index (χ1v) is 6.18. The Morgan fingerprint density at radius 1 is 1.20 bits per heavy atom. The van der Waals surface area contributed by atoms with Crippen LogP contribution in [-0.4, -0.2) is 18.8 Å². The second kappa shape index (κ2) is 6.72. The van der Waals surface area contributed by atoms with Crippen LogP contribution in [0.1, 0.15) is 31.7 Å². The van der Waals surface area contributed by atoms with Crippen molar-refractivity contribution in [2.75, 3.05) is 6.61 Å². The van der Waals surface area contributed by atoms with Crippen molar-refractivity contribution in [3.05, 3.63) is 35.6 Å². The lowest BCUT2D eigenvalue weighted by atomic mass is 9.95. The van der Waals surface area contributed by atoms with E-state index in [2.05, 4.69) is 0 Å². The molecule has 0 N–H and O–H groups in total. The Kier molecular flexibility index (Phi) is 5.53. The van der Waals surface area contributed by atoms with Crippen LogP contribution in [0.4, 0.5) is 17.6 Å². The van der Waals surface area contributed by atoms with Gasteiger partial charge < -0.3 is 4.74 Å². The maximum absolute atomic E-state index is 12.8. The summed E-state index contributed by atoms with van der Waals surface area (Å²) in [6.07, 6.45) is -5.83. The van der Waals surface area contributed by atoms with Gasteiger partial charge in [0.25, 0.3) is 0 Å². The summed E-state index contributed by atoms with van der Waals surface area (Å²) in [5, 5.41) is 0. The molecule has 0 aliphatic heterocycles. The summed E-state index contributed by atoms with van der Waals surface area (Å²) >= 11 is 0. The van der Waals surface area contributed by atoms with Gasteiger partial charge >= 0.3 is 12.1 Å². The molecule has 2 nitrogen and oxygen atoms in total. The summed E-state index contributed by atoms with van der Waals surface area (Å²) in [5.41, 5.74) is 0.0949. The van der Waals surface area contributed by atoms with Crippen LogP contribution in [0, 0.1) is 11.7 Å². The average Bonchev–Trinajstić information content (AvgIpc) is 2.33. The zero-order valence-electron chi connectivity index (χ0n) is 11.2. The van der Waals surface area contributed by atoms with Crippen molar-refractivity contribution >= 4 is 5.97 Å². The van der Waals surface area contributed by atoms with E-state index in [4.69, 9.17) is 4.74 Å². The minimum atomic E-state index is -4.50. The average molecular weight is 292 g/mol. The van der Waals surface area contributed by atoms with Crippen molar-refractivity contribution in [2.24, 2.45) is 5.92 Å². The third-order valence-electron chi connectivity index (χ3n) is 2.55. The fraction of sp³-hybridized carbons (Fsp3) is 0.500. The van der Waals surface area contributed by atoms with E-state index in [1.165, 1.54) is 12.1 Å². The molecule has 1 atom stereocenters. The van der Waals surface area contributed by atoms with Gasteiger partial charge in [0.2, 0.25) is 0 Å². The number of benzene rings is 1. The van der Waals surface area contributed by atoms with Crippen molar-refractivity contribution in [2.45, 2.75) is 32.4 Å². The summed E-state index contributed by atoms with van der Waals surface area (Å²) < 4.78 is 55.3. The summed E-state index contributed by atoms with van der Waals surface area (Å²) in [4.78, 5) is 11.8. The van der Waals surface area contributed by atoms with E-state index in [1.807, 2.05) is 0 Å². The predicted octanol–water partition coefficient (Wildman–Crippen LogP) is 4.06. The molecule has 112 valence electrons. The number of hydrogen-bond acceptors (Lipinski definition) is 2. The molecule has 0 aromatic heterocycles. The Morgan fingerprint density at radius 2 is 1.75 bits per heavy atom. The first-order valence-electron chi connectivity index (χ1n) is 6.18. The number of carbonyl (C=O) groups is 1. The topological polar surface area (TPSA) is 26.3 Å². The van der Waals surface area contributed by atoms with Crippen molar-refractivity contribution in [3.8, 4) is 0 Å². The molecule has 0 aliphatic rings. The highest BCUT2D eigenvalue weighted by Crippen LogP contribution is 2.32. The molecule has 6 heteroatoms. The van der Waals surface area contributed by atoms with E-state index < -0.39 is 30.3 Å². The van der Waals surface area contributed by atoms with Crippen LogP contribution in [0.25, 0.3) is 0 Å². The third kappa shape index (κ3) is 5.59. The molecule has 0 aliphatic carbocycles. The quantitative estimate of drug-likeness (QED) is 0.604. The summed E-state index contributed by atoms with van der Waals surface area (Å²) in [6, 6.07) is 4.38. The number of ether oxygens (including phenoxy) is 1. The monoisotopic (exact) mass is 292 g/mol. The maximum atomic E-state index is 12.8. The lowest BCUT2D eigenvalue weighted by Crippen LogP contribution is -2.24. The minimum Gasteiger partial charge on any atom is -0.465 e. The van der Waals surface area contributed by atoms with E-state index in [9.17, 15) is 22.4 Å². The molecule has 0 saturated carbocycles. The molecule has 0 saturated heterocycles. The molecule has 1 unspecified atom stereocenters. The molecule has 0 fully saturated rings. The van der Waals surface area contributed by atoms with Gasteiger partial charge in [-0.05, 0) is 23.6 Å². The van der Waals surface area contributed by atoms with Crippen LogP contribution >= 0.6 is 0 Å². The number of alkyl halides is 3. The van der Waals surface area contributed by atoms with Crippen molar-refractivity contribution in [3.63, 3.8) is 0 Å². The van der Waals surface area contributed by atoms with Crippen molar-refractivity contribution < 1.29 is 27.1 Å². The minimum absolute atomic E-state index is 0.0266. The number of carbonyl (C=O) groups excluding carboxylic acids is 1. The van der Waals surface area contributed by atoms with Crippen LogP contribution < -0.4 is 0 Å². The number of rotatable bonds is 5. The second-order valence-electron chi connectivity index (χ2n) is 4.95. The molecule has 0 spiro atoms. The van der Waals surface area contributed by atoms with Gasteiger partial charge in [-0.2, -0.15) is 13.2 Å². The molecule has 1 aromatic rings. The fourth-order valence-electron chi connectivity index (χ4n) is 1.61. The second-order valence-corrected chi connectivity index (χ2v) is 4.95. The van der Waals surface area contributed by atoms with Gasteiger partial charge in [0.1, 0.15) is 5.82 Å². The van der Waals surface area contributed by atoms with Crippen LogP contribution in [-0.2, 0) is 9.53 Å². The Bertz CT molecular complexity index is 437. The van der Waals surface area contributed by atoms with Crippen LogP contribution in [0.15, 0.2) is 24.3 Å². The summed E-state index contributed by atoms with van der Waals surface area (Å²) in [7, 11) is 0. The normalized spacial score (nSPS) is 13.3. The fourth-order valence-corrected chi connectivity index (χ4v) is 1.61. The summed E-state index contributed by atoms with van der Waals surface area (Å²) in [6.45, 7) is 3.61. The van der Waals surface area contributed by atoms with Crippen LogP contribution in [0.5, 0.6) is 0 Å². The molecular weight excluding hydrogens is 276 g/mol. The van der Waals surface area contributed by atoms with E-state index in [0.717, 1.165) is 12.1 Å². The first kappa shape index (κ1) is 16.5. The zero-order valence-corrected chi connectivity index (χ0v) is 11.2. The number of halogens is 4. The van der Waals surface area contributed by atoms with E-state index in [0.29, 0.717) is 0 Å². The van der Waals surface area contributed by atoms with Crippen LogP contribution in [0.3, 0.4) is 0 Å². The van der Waals surface area contributed by atoms with Crippen molar-refractivity contribution in [1.82, 2.24) is 0 Å². The Hall–Kier alpha value is -1.59. The molecule has 0 amide bonds. The van der Waals surface area contributed by atoms with Gasteiger partial charge in [0.05, 0.1) is 18.9 Å². The Balaban J connectivity index is 2.90. The Labute approximate surface area is 114 Å². The van der Waals surface area contributed by atoms with Gasteiger partial charge in [-0.25, -0.2) is 4.39 Å². The predicted molar refractivity (Wildman–Crippen MR) is 65.6 cm³/mol. The Morgan fingerprint density at radius 3 is 2.20 bits per heavy atom.